The van der Waals surface area contributed by atoms with Crippen LogP contribution in [0.15, 0.2) is 18.2 Å². The van der Waals surface area contributed by atoms with Crippen LogP contribution in [-0.4, -0.2) is 44.0 Å². The number of hydrogen-bond donors (Lipinski definition) is 1. The zero-order valence-electron chi connectivity index (χ0n) is 11.1. The van der Waals surface area contributed by atoms with Crippen molar-refractivity contribution in [3.8, 4) is 5.75 Å². The Morgan fingerprint density at radius 2 is 2.37 bits per heavy atom. The van der Waals surface area contributed by atoms with Gasteiger partial charge >= 0.3 is 5.97 Å². The summed E-state index contributed by atoms with van der Waals surface area (Å²) in [5.74, 6) is -0.467. The van der Waals surface area contributed by atoms with E-state index in [2.05, 4.69) is 4.90 Å². The van der Waals surface area contributed by atoms with Crippen LogP contribution < -0.4 is 9.64 Å². The molecule has 5 nitrogen and oxygen atoms in total. The van der Waals surface area contributed by atoms with E-state index in [1.54, 1.807) is 12.1 Å². The third kappa shape index (κ3) is 3.17. The molecule has 1 aliphatic heterocycles. The first kappa shape index (κ1) is 13.7. The zero-order valence-corrected chi connectivity index (χ0v) is 11.1. The van der Waals surface area contributed by atoms with Crippen molar-refractivity contribution < 1.29 is 19.4 Å². The molecule has 0 bridgehead atoms. The van der Waals surface area contributed by atoms with Crippen LogP contribution in [-0.2, 0) is 4.74 Å². The molecule has 0 radical (unpaired) electrons. The van der Waals surface area contributed by atoms with Gasteiger partial charge in [-0.3, -0.25) is 0 Å². The van der Waals surface area contributed by atoms with E-state index in [0.29, 0.717) is 12.4 Å². The van der Waals surface area contributed by atoms with E-state index in [-0.39, 0.29) is 5.56 Å². The van der Waals surface area contributed by atoms with E-state index in [4.69, 9.17) is 14.6 Å². The normalized spacial score (nSPS) is 13.8. The maximum atomic E-state index is 11.2. The highest BCUT2D eigenvalue weighted by Gasteiger charge is 2.23. The smallest absolute Gasteiger partial charge is 0.339 e. The standard InChI is InChI=1S/C14H19NO4/c1-2-18-9-4-7-15-8-10-19-13-11(14(16)17)5-3-6-12(13)15/h3,5-6H,2,4,7-10H2,1H3,(H,16,17). The van der Waals surface area contributed by atoms with Gasteiger partial charge in [0.2, 0.25) is 0 Å². The average Bonchev–Trinajstić information content (AvgIpc) is 2.43. The SMILES string of the molecule is CCOCCCN1CCOc2c(C(=O)O)cccc21. The number of ether oxygens (including phenoxy) is 2. The van der Waals surface area contributed by atoms with Crippen molar-refractivity contribution in [1.29, 1.82) is 0 Å². The number of carboxylic acids is 1. The first-order chi connectivity index (χ1) is 9.24. The minimum absolute atomic E-state index is 0.229. The van der Waals surface area contributed by atoms with Crippen LogP contribution in [0.2, 0.25) is 0 Å². The second-order valence-electron chi connectivity index (χ2n) is 4.34. The fourth-order valence-electron chi connectivity index (χ4n) is 2.21. The van der Waals surface area contributed by atoms with E-state index in [1.807, 2.05) is 13.0 Å². The van der Waals surface area contributed by atoms with Crippen LogP contribution in [0.4, 0.5) is 5.69 Å². The van der Waals surface area contributed by atoms with Gasteiger partial charge in [-0.15, -0.1) is 0 Å². The Balaban J connectivity index is 2.11. The Kier molecular flexibility index (Phi) is 4.63. The number of aromatic carboxylic acids is 1. The summed E-state index contributed by atoms with van der Waals surface area (Å²) in [4.78, 5) is 13.3. The van der Waals surface area contributed by atoms with Gasteiger partial charge in [-0.25, -0.2) is 4.79 Å². The summed E-state index contributed by atoms with van der Waals surface area (Å²) in [5, 5.41) is 9.15. The quantitative estimate of drug-likeness (QED) is 0.797. The Morgan fingerprint density at radius 1 is 1.53 bits per heavy atom. The molecule has 0 fully saturated rings. The molecule has 1 aliphatic rings. The zero-order chi connectivity index (χ0) is 13.7. The first-order valence-corrected chi connectivity index (χ1v) is 6.56. The molecule has 0 saturated carbocycles. The molecule has 1 N–H and O–H groups in total. The third-order valence-electron chi connectivity index (χ3n) is 3.09. The van der Waals surface area contributed by atoms with E-state index in [1.165, 1.54) is 0 Å². The van der Waals surface area contributed by atoms with Gasteiger partial charge in [0.25, 0.3) is 0 Å². The predicted octanol–water partition coefficient (Wildman–Crippen LogP) is 2.01. The number of anilines is 1. The number of carbonyl (C=O) groups is 1. The molecule has 0 saturated heterocycles. The molecule has 0 atom stereocenters. The number of para-hydroxylation sites is 1. The van der Waals surface area contributed by atoms with Gasteiger partial charge in [0.15, 0.2) is 5.75 Å². The first-order valence-electron chi connectivity index (χ1n) is 6.56. The van der Waals surface area contributed by atoms with Gasteiger partial charge < -0.3 is 19.5 Å². The van der Waals surface area contributed by atoms with E-state index >= 15 is 0 Å². The van der Waals surface area contributed by atoms with Crippen molar-refractivity contribution in [2.24, 2.45) is 0 Å². The number of fused-ring (bicyclic) bond motifs is 1. The van der Waals surface area contributed by atoms with Gasteiger partial charge in [-0.05, 0) is 25.5 Å². The Labute approximate surface area is 112 Å². The molecule has 104 valence electrons. The van der Waals surface area contributed by atoms with Crippen LogP contribution in [0.5, 0.6) is 5.75 Å². The fraction of sp³-hybridized carbons (Fsp3) is 0.500. The highest BCUT2D eigenvalue weighted by molar-refractivity contribution is 5.93. The van der Waals surface area contributed by atoms with Crippen molar-refractivity contribution in [3.63, 3.8) is 0 Å². The van der Waals surface area contributed by atoms with E-state index in [9.17, 15) is 4.79 Å². The van der Waals surface area contributed by atoms with Crippen LogP contribution in [0.25, 0.3) is 0 Å². The summed E-state index contributed by atoms with van der Waals surface area (Å²) in [5.41, 5.74) is 1.09. The molecule has 0 aliphatic carbocycles. The maximum Gasteiger partial charge on any atom is 0.339 e. The summed E-state index contributed by atoms with van der Waals surface area (Å²) in [6, 6.07) is 5.24. The highest BCUT2D eigenvalue weighted by Crippen LogP contribution is 2.34. The molecule has 0 aromatic heterocycles. The molecule has 0 spiro atoms. The Hall–Kier alpha value is -1.75. The van der Waals surface area contributed by atoms with Crippen LogP contribution in [0, 0.1) is 0 Å². The van der Waals surface area contributed by atoms with Crippen molar-refractivity contribution in [2.45, 2.75) is 13.3 Å². The highest BCUT2D eigenvalue weighted by atomic mass is 16.5. The fourth-order valence-corrected chi connectivity index (χ4v) is 2.21. The molecule has 2 rings (SSSR count). The molecule has 5 heteroatoms. The van der Waals surface area contributed by atoms with Crippen molar-refractivity contribution in [3.05, 3.63) is 23.8 Å². The average molecular weight is 265 g/mol. The monoisotopic (exact) mass is 265 g/mol. The number of carboxylic acid groups (broad SMARTS) is 1. The number of rotatable bonds is 6. The summed E-state index contributed by atoms with van der Waals surface area (Å²) in [6.45, 7) is 5.57. The van der Waals surface area contributed by atoms with E-state index < -0.39 is 5.97 Å². The van der Waals surface area contributed by atoms with Gasteiger partial charge in [0, 0.05) is 19.8 Å². The van der Waals surface area contributed by atoms with E-state index in [0.717, 1.165) is 38.4 Å². The molecule has 19 heavy (non-hydrogen) atoms. The molecule has 0 amide bonds. The largest absolute Gasteiger partial charge is 0.489 e. The lowest BCUT2D eigenvalue weighted by atomic mass is 10.1. The molecule has 1 aromatic rings. The second kappa shape index (κ2) is 6.43. The number of hydrogen-bond acceptors (Lipinski definition) is 4. The topological polar surface area (TPSA) is 59.0 Å². The molecular weight excluding hydrogens is 246 g/mol. The lowest BCUT2D eigenvalue weighted by Gasteiger charge is -2.31. The molecule has 0 unspecified atom stereocenters. The lowest BCUT2D eigenvalue weighted by molar-refractivity contribution is 0.0692. The van der Waals surface area contributed by atoms with Crippen LogP contribution in [0.3, 0.4) is 0 Å². The van der Waals surface area contributed by atoms with Gasteiger partial charge in [0.05, 0.1) is 12.2 Å². The van der Waals surface area contributed by atoms with Crippen molar-refractivity contribution >= 4 is 11.7 Å². The summed E-state index contributed by atoms with van der Waals surface area (Å²) in [7, 11) is 0. The summed E-state index contributed by atoms with van der Waals surface area (Å²) < 4.78 is 10.8. The molecule has 1 aromatic carbocycles. The Morgan fingerprint density at radius 3 is 3.11 bits per heavy atom. The second-order valence-corrected chi connectivity index (χ2v) is 4.34. The minimum atomic E-state index is -0.951. The molecular formula is C14H19NO4. The number of nitrogens with zero attached hydrogens (tertiary/aromatic N) is 1. The predicted molar refractivity (Wildman–Crippen MR) is 72.2 cm³/mol. The summed E-state index contributed by atoms with van der Waals surface area (Å²) in [6.07, 6.45) is 0.921. The number of benzene rings is 1. The lowest BCUT2D eigenvalue weighted by Crippen LogP contribution is -2.34. The van der Waals surface area contributed by atoms with Crippen molar-refractivity contribution in [2.75, 3.05) is 37.8 Å². The summed E-state index contributed by atoms with van der Waals surface area (Å²) >= 11 is 0. The van der Waals surface area contributed by atoms with Crippen LogP contribution in [0.1, 0.15) is 23.7 Å². The maximum absolute atomic E-state index is 11.2. The van der Waals surface area contributed by atoms with Crippen LogP contribution >= 0.6 is 0 Å². The van der Waals surface area contributed by atoms with Gasteiger partial charge in [0.1, 0.15) is 12.2 Å². The molecule has 1 heterocycles. The minimum Gasteiger partial charge on any atom is -0.489 e. The van der Waals surface area contributed by atoms with Gasteiger partial charge in [-0.1, -0.05) is 6.07 Å². The third-order valence-corrected chi connectivity index (χ3v) is 3.09. The van der Waals surface area contributed by atoms with Gasteiger partial charge in [-0.2, -0.15) is 0 Å². The Bertz CT molecular complexity index is 447. The van der Waals surface area contributed by atoms with Crippen molar-refractivity contribution in [1.82, 2.24) is 0 Å².